The van der Waals surface area contributed by atoms with Gasteiger partial charge in [-0.1, -0.05) is 11.8 Å². The van der Waals surface area contributed by atoms with Gasteiger partial charge in [-0.25, -0.2) is 4.98 Å². The molecule has 0 unspecified atom stereocenters. The van der Waals surface area contributed by atoms with E-state index >= 15 is 0 Å². The fourth-order valence-corrected chi connectivity index (χ4v) is 2.86. The highest BCUT2D eigenvalue weighted by Gasteiger charge is 2.19. The molecule has 3 aromatic rings. The van der Waals surface area contributed by atoms with E-state index in [0.29, 0.717) is 16.7 Å². The third-order valence-electron chi connectivity index (χ3n) is 3.33. The Balaban J connectivity index is 2.09. The number of imidazole rings is 1. The number of ether oxygens (including phenoxy) is 1. The Morgan fingerprint density at radius 2 is 2.08 bits per heavy atom. The monoisotopic (exact) mass is 345 g/mol. The summed E-state index contributed by atoms with van der Waals surface area (Å²) >= 11 is 1.10. The summed E-state index contributed by atoms with van der Waals surface area (Å²) in [5.41, 5.74) is 2.32. The van der Waals surface area contributed by atoms with Gasteiger partial charge in [-0.3, -0.25) is 9.36 Å². The van der Waals surface area contributed by atoms with Crippen molar-refractivity contribution in [3.05, 3.63) is 36.3 Å². The Morgan fingerprint density at radius 1 is 1.33 bits per heavy atom. The maximum absolute atomic E-state index is 10.9. The van der Waals surface area contributed by atoms with Gasteiger partial charge in [-0.05, 0) is 31.2 Å². The number of nitrogens with one attached hydrogen (secondary N) is 1. The van der Waals surface area contributed by atoms with Crippen LogP contribution >= 0.6 is 11.8 Å². The van der Waals surface area contributed by atoms with Gasteiger partial charge in [0.2, 0.25) is 0 Å². The van der Waals surface area contributed by atoms with Crippen molar-refractivity contribution in [3.63, 3.8) is 0 Å². The molecular formula is C15H15N5O3S. The molecule has 24 heavy (non-hydrogen) atoms. The number of carboxylic acid groups (broad SMARTS) is 1. The first-order valence-corrected chi connectivity index (χ1v) is 8.03. The Morgan fingerprint density at radius 3 is 2.67 bits per heavy atom. The summed E-state index contributed by atoms with van der Waals surface area (Å²) in [6.07, 6.45) is 1.59. The molecule has 0 bridgehead atoms. The summed E-state index contributed by atoms with van der Waals surface area (Å²) in [5, 5.41) is 17.7. The van der Waals surface area contributed by atoms with Gasteiger partial charge < -0.3 is 14.8 Å². The Hall–Kier alpha value is -2.81. The average Bonchev–Trinajstić information content (AvgIpc) is 3.18. The zero-order chi connectivity index (χ0) is 17.1. The maximum Gasteiger partial charge on any atom is 0.313 e. The number of hydrogen-bond donors (Lipinski definition) is 2. The van der Waals surface area contributed by atoms with E-state index in [2.05, 4.69) is 20.2 Å². The number of rotatable bonds is 6. The van der Waals surface area contributed by atoms with Crippen LogP contribution in [0.1, 0.15) is 5.69 Å². The molecule has 9 heteroatoms. The van der Waals surface area contributed by atoms with Crippen molar-refractivity contribution in [2.75, 3.05) is 12.9 Å². The van der Waals surface area contributed by atoms with Crippen LogP contribution in [0.4, 0.5) is 0 Å². The quantitative estimate of drug-likeness (QED) is 0.659. The Labute approximate surface area is 141 Å². The lowest BCUT2D eigenvalue weighted by molar-refractivity contribution is -0.133. The van der Waals surface area contributed by atoms with Gasteiger partial charge >= 0.3 is 5.97 Å². The minimum atomic E-state index is -0.915. The molecule has 2 N–H and O–H groups in total. The molecule has 3 rings (SSSR count). The summed E-state index contributed by atoms with van der Waals surface area (Å²) in [5.74, 6) is 0.256. The number of benzene rings is 1. The molecule has 124 valence electrons. The van der Waals surface area contributed by atoms with Gasteiger partial charge in [0.1, 0.15) is 11.4 Å². The molecule has 0 fully saturated rings. The van der Waals surface area contributed by atoms with E-state index in [1.54, 1.807) is 18.0 Å². The van der Waals surface area contributed by atoms with Crippen molar-refractivity contribution < 1.29 is 14.6 Å². The fourth-order valence-electron chi connectivity index (χ4n) is 2.19. The van der Waals surface area contributed by atoms with Crippen LogP contribution in [0.2, 0.25) is 0 Å². The fraction of sp³-hybridized carbons (Fsp3) is 0.200. The number of aryl methyl sites for hydroxylation is 1. The number of aromatic nitrogens is 5. The zero-order valence-corrected chi connectivity index (χ0v) is 13.9. The molecule has 0 saturated heterocycles. The van der Waals surface area contributed by atoms with Crippen molar-refractivity contribution in [1.82, 2.24) is 24.7 Å². The van der Waals surface area contributed by atoms with Gasteiger partial charge in [-0.15, -0.1) is 10.2 Å². The topological polar surface area (TPSA) is 106 Å². The molecule has 0 radical (unpaired) electrons. The van der Waals surface area contributed by atoms with E-state index in [1.807, 2.05) is 31.2 Å². The highest BCUT2D eigenvalue weighted by molar-refractivity contribution is 7.99. The smallest absolute Gasteiger partial charge is 0.313 e. The normalized spacial score (nSPS) is 10.8. The summed E-state index contributed by atoms with van der Waals surface area (Å²) in [7, 11) is 1.60. The summed E-state index contributed by atoms with van der Waals surface area (Å²) < 4.78 is 6.96. The Bertz CT molecular complexity index is 856. The third-order valence-corrected chi connectivity index (χ3v) is 4.24. The number of thioether (sulfide) groups is 1. The lowest BCUT2D eigenvalue weighted by Crippen LogP contribution is -2.03. The minimum Gasteiger partial charge on any atom is -0.497 e. The number of carbonyl (C=O) groups is 1. The van der Waals surface area contributed by atoms with E-state index < -0.39 is 5.97 Å². The second kappa shape index (κ2) is 6.75. The van der Waals surface area contributed by atoms with Gasteiger partial charge in [-0.2, -0.15) is 0 Å². The van der Waals surface area contributed by atoms with Gasteiger partial charge in [0.25, 0.3) is 0 Å². The largest absolute Gasteiger partial charge is 0.497 e. The van der Waals surface area contributed by atoms with E-state index in [0.717, 1.165) is 28.9 Å². The van der Waals surface area contributed by atoms with Crippen molar-refractivity contribution in [1.29, 1.82) is 0 Å². The summed E-state index contributed by atoms with van der Waals surface area (Å²) in [6.45, 7) is 1.89. The first kappa shape index (κ1) is 16.1. The van der Waals surface area contributed by atoms with E-state index in [9.17, 15) is 4.79 Å². The molecule has 0 saturated carbocycles. The highest BCUT2D eigenvalue weighted by atomic mass is 32.2. The van der Waals surface area contributed by atoms with Crippen molar-refractivity contribution in [3.8, 4) is 23.0 Å². The standard InChI is InChI=1S/C15H15N5O3S/c1-9-13(17-8-16-9)14-18-19-15(24-7-12(21)22)20(14)10-3-5-11(23-2)6-4-10/h3-6,8H,7H2,1-2H3,(H,16,17)(H,21,22). The van der Waals surface area contributed by atoms with Gasteiger partial charge in [0, 0.05) is 5.69 Å². The van der Waals surface area contributed by atoms with Crippen molar-refractivity contribution in [2.45, 2.75) is 12.1 Å². The number of hydrogen-bond acceptors (Lipinski definition) is 6. The molecule has 0 spiro atoms. The third kappa shape index (κ3) is 3.11. The Kier molecular flexibility index (Phi) is 4.52. The minimum absolute atomic E-state index is 0.103. The summed E-state index contributed by atoms with van der Waals surface area (Å²) in [6, 6.07) is 7.36. The van der Waals surface area contributed by atoms with Crippen molar-refractivity contribution >= 4 is 17.7 Å². The first-order valence-electron chi connectivity index (χ1n) is 7.05. The number of carboxylic acids is 1. The van der Waals surface area contributed by atoms with Crippen LogP contribution in [0, 0.1) is 6.92 Å². The van der Waals surface area contributed by atoms with E-state index in [4.69, 9.17) is 9.84 Å². The van der Waals surface area contributed by atoms with Crippen LogP contribution in [0.3, 0.4) is 0 Å². The van der Waals surface area contributed by atoms with Gasteiger partial charge in [0.15, 0.2) is 11.0 Å². The van der Waals surface area contributed by atoms with Crippen LogP contribution in [0.25, 0.3) is 17.2 Å². The number of aliphatic carboxylic acids is 1. The maximum atomic E-state index is 10.9. The molecular weight excluding hydrogens is 330 g/mol. The molecule has 0 aliphatic heterocycles. The van der Waals surface area contributed by atoms with Gasteiger partial charge in [0.05, 0.1) is 24.9 Å². The SMILES string of the molecule is COc1ccc(-n2c(SCC(=O)O)nnc2-c2nc[nH]c2C)cc1. The zero-order valence-electron chi connectivity index (χ0n) is 13.1. The highest BCUT2D eigenvalue weighted by Crippen LogP contribution is 2.28. The number of methoxy groups -OCH3 is 1. The lowest BCUT2D eigenvalue weighted by Gasteiger charge is -2.10. The van der Waals surface area contributed by atoms with Crippen LogP contribution in [0.5, 0.6) is 5.75 Å². The molecule has 2 heterocycles. The number of aromatic amines is 1. The van der Waals surface area contributed by atoms with Crippen molar-refractivity contribution in [2.24, 2.45) is 0 Å². The predicted octanol–water partition coefficient (Wildman–Crippen LogP) is 2.15. The van der Waals surface area contributed by atoms with Crippen LogP contribution in [-0.4, -0.2) is 48.7 Å². The number of H-pyrrole nitrogens is 1. The second-order valence-electron chi connectivity index (χ2n) is 4.90. The van der Waals surface area contributed by atoms with E-state index in [1.165, 1.54) is 0 Å². The lowest BCUT2D eigenvalue weighted by atomic mass is 10.2. The molecule has 1 aromatic carbocycles. The predicted molar refractivity (Wildman–Crippen MR) is 88.6 cm³/mol. The molecule has 0 aliphatic rings. The molecule has 0 amide bonds. The molecule has 0 atom stereocenters. The molecule has 0 aliphatic carbocycles. The molecule has 2 aromatic heterocycles. The summed E-state index contributed by atoms with van der Waals surface area (Å²) in [4.78, 5) is 18.2. The first-order chi connectivity index (χ1) is 11.6. The average molecular weight is 345 g/mol. The van der Waals surface area contributed by atoms with Crippen LogP contribution in [-0.2, 0) is 4.79 Å². The van der Waals surface area contributed by atoms with E-state index in [-0.39, 0.29) is 5.75 Å². The van der Waals surface area contributed by atoms with Crippen LogP contribution in [0.15, 0.2) is 35.7 Å². The van der Waals surface area contributed by atoms with Crippen LogP contribution < -0.4 is 4.74 Å². The molecule has 8 nitrogen and oxygen atoms in total. The second-order valence-corrected chi connectivity index (χ2v) is 5.84. The number of nitrogens with zero attached hydrogens (tertiary/aromatic N) is 4.